The van der Waals surface area contributed by atoms with Gasteiger partial charge in [-0.3, -0.25) is 4.79 Å². The van der Waals surface area contributed by atoms with E-state index in [1.54, 1.807) is 0 Å². The molecule has 6 heteroatoms. The monoisotopic (exact) mass is 366 g/mol. The minimum atomic E-state index is -0.346. The lowest BCUT2D eigenvalue weighted by Gasteiger charge is -2.15. The van der Waals surface area contributed by atoms with Crippen molar-refractivity contribution in [3.63, 3.8) is 0 Å². The molecular weight excluding hydrogens is 343 g/mol. The van der Waals surface area contributed by atoms with Gasteiger partial charge in [-0.1, -0.05) is 38.1 Å². The predicted octanol–water partition coefficient (Wildman–Crippen LogP) is 3.57. The fourth-order valence-electron chi connectivity index (χ4n) is 2.20. The Labute approximate surface area is 154 Å². The van der Waals surface area contributed by atoms with Crippen molar-refractivity contribution in [3.8, 4) is 5.75 Å². The molecule has 0 saturated heterocycles. The molecule has 2 aromatic carbocycles. The molecule has 1 amide bonds. The number of nitrogens with two attached hydrogens (primary N) is 1. The summed E-state index contributed by atoms with van der Waals surface area (Å²) in [6.07, 6.45) is 0. The molecule has 0 heterocycles. The van der Waals surface area contributed by atoms with Crippen molar-refractivity contribution in [1.82, 2.24) is 5.32 Å². The Hall–Kier alpha value is -2.11. The van der Waals surface area contributed by atoms with E-state index in [-0.39, 0.29) is 36.8 Å². The van der Waals surface area contributed by atoms with Crippen molar-refractivity contribution >= 4 is 18.3 Å². The molecule has 2 aromatic rings. The van der Waals surface area contributed by atoms with E-state index in [0.717, 1.165) is 5.56 Å². The third-order valence-electron chi connectivity index (χ3n) is 3.73. The zero-order chi connectivity index (χ0) is 17.5. The second-order valence-corrected chi connectivity index (χ2v) is 5.97. The van der Waals surface area contributed by atoms with Gasteiger partial charge in [0.05, 0.1) is 0 Å². The Morgan fingerprint density at radius 2 is 1.64 bits per heavy atom. The summed E-state index contributed by atoms with van der Waals surface area (Å²) in [6.45, 7) is 4.46. The summed E-state index contributed by atoms with van der Waals surface area (Å²) in [5, 5.41) is 2.74. The van der Waals surface area contributed by atoms with Crippen LogP contribution in [0.4, 0.5) is 4.39 Å². The topological polar surface area (TPSA) is 64.3 Å². The molecule has 1 unspecified atom stereocenters. The van der Waals surface area contributed by atoms with Crippen LogP contribution in [0.3, 0.4) is 0 Å². The van der Waals surface area contributed by atoms with Gasteiger partial charge in [-0.15, -0.1) is 12.4 Å². The third kappa shape index (κ3) is 6.72. The number of nitrogens with one attached hydrogen (secondary N) is 1. The highest BCUT2D eigenvalue weighted by Gasteiger charge is 2.09. The van der Waals surface area contributed by atoms with E-state index in [2.05, 4.69) is 31.3 Å². The second kappa shape index (κ2) is 10.0. The molecule has 3 N–H and O–H groups in total. The highest BCUT2D eigenvalue weighted by molar-refractivity contribution is 5.85. The Bertz CT molecular complexity index is 660. The normalized spacial score (nSPS) is 11.6. The minimum Gasteiger partial charge on any atom is -0.484 e. The number of rotatable bonds is 7. The highest BCUT2D eigenvalue weighted by Crippen LogP contribution is 2.17. The molecule has 0 fully saturated rings. The fraction of sp³-hybridized carbons (Fsp3) is 0.316. The zero-order valence-corrected chi connectivity index (χ0v) is 15.2. The van der Waals surface area contributed by atoms with Crippen molar-refractivity contribution < 1.29 is 13.9 Å². The van der Waals surface area contributed by atoms with Crippen LogP contribution in [-0.2, 0) is 4.79 Å². The summed E-state index contributed by atoms with van der Waals surface area (Å²) < 4.78 is 18.1. The Morgan fingerprint density at radius 1 is 1.08 bits per heavy atom. The van der Waals surface area contributed by atoms with Gasteiger partial charge in [0.15, 0.2) is 6.61 Å². The second-order valence-electron chi connectivity index (χ2n) is 5.97. The van der Waals surface area contributed by atoms with Crippen LogP contribution in [0.2, 0.25) is 0 Å². The first kappa shape index (κ1) is 20.9. The summed E-state index contributed by atoms with van der Waals surface area (Å²) in [6, 6.07) is 13.3. The van der Waals surface area contributed by atoms with E-state index < -0.39 is 0 Å². The molecular formula is C19H24ClFN2O2. The number of hydrogen-bond donors (Lipinski definition) is 2. The number of ether oxygens (including phenoxy) is 1. The lowest BCUT2D eigenvalue weighted by molar-refractivity contribution is -0.123. The number of hydrogen-bond acceptors (Lipinski definition) is 3. The maximum absolute atomic E-state index is 12.8. The van der Waals surface area contributed by atoms with Crippen LogP contribution in [0.1, 0.15) is 36.9 Å². The lowest BCUT2D eigenvalue weighted by Crippen LogP contribution is -2.35. The Balaban J connectivity index is 0.00000312. The first-order valence-electron chi connectivity index (χ1n) is 7.96. The number of benzene rings is 2. The fourth-order valence-corrected chi connectivity index (χ4v) is 2.20. The van der Waals surface area contributed by atoms with Crippen LogP contribution in [0, 0.1) is 5.82 Å². The van der Waals surface area contributed by atoms with E-state index in [4.69, 9.17) is 10.5 Å². The van der Waals surface area contributed by atoms with E-state index >= 15 is 0 Å². The SMILES string of the molecule is CC(C)c1ccc(C(N)CNC(=O)COc2ccc(F)cc2)cc1.Cl. The van der Waals surface area contributed by atoms with E-state index in [1.807, 2.05) is 12.1 Å². The molecule has 25 heavy (non-hydrogen) atoms. The van der Waals surface area contributed by atoms with Crippen molar-refractivity contribution in [2.75, 3.05) is 13.2 Å². The minimum absolute atomic E-state index is 0. The molecule has 0 spiro atoms. The molecule has 0 aliphatic rings. The van der Waals surface area contributed by atoms with Gasteiger partial charge in [0, 0.05) is 12.6 Å². The van der Waals surface area contributed by atoms with E-state index in [9.17, 15) is 9.18 Å². The van der Waals surface area contributed by atoms with Crippen LogP contribution in [0.15, 0.2) is 48.5 Å². The van der Waals surface area contributed by atoms with Gasteiger partial charge in [-0.2, -0.15) is 0 Å². The molecule has 2 rings (SSSR count). The van der Waals surface area contributed by atoms with Gasteiger partial charge in [0.2, 0.25) is 0 Å². The van der Waals surface area contributed by atoms with Gasteiger partial charge in [-0.25, -0.2) is 4.39 Å². The largest absolute Gasteiger partial charge is 0.484 e. The average molecular weight is 367 g/mol. The maximum atomic E-state index is 12.8. The van der Waals surface area contributed by atoms with Gasteiger partial charge in [0.1, 0.15) is 11.6 Å². The van der Waals surface area contributed by atoms with Crippen molar-refractivity contribution in [2.45, 2.75) is 25.8 Å². The van der Waals surface area contributed by atoms with Crippen molar-refractivity contribution in [2.24, 2.45) is 5.73 Å². The molecule has 0 saturated carbocycles. The Morgan fingerprint density at radius 3 is 2.20 bits per heavy atom. The van der Waals surface area contributed by atoms with Crippen LogP contribution in [0.5, 0.6) is 5.75 Å². The van der Waals surface area contributed by atoms with Gasteiger partial charge >= 0.3 is 0 Å². The molecule has 4 nitrogen and oxygen atoms in total. The highest BCUT2D eigenvalue weighted by atomic mass is 35.5. The smallest absolute Gasteiger partial charge is 0.258 e. The van der Waals surface area contributed by atoms with E-state index in [0.29, 0.717) is 18.2 Å². The van der Waals surface area contributed by atoms with Crippen LogP contribution >= 0.6 is 12.4 Å². The summed E-state index contributed by atoms with van der Waals surface area (Å²) in [4.78, 5) is 11.8. The predicted molar refractivity (Wildman–Crippen MR) is 99.6 cm³/mol. The standard InChI is InChI=1S/C19H23FN2O2.ClH/c1-13(2)14-3-5-15(6-4-14)18(21)11-22-19(23)12-24-17-9-7-16(20)8-10-17;/h3-10,13,18H,11-12,21H2,1-2H3,(H,22,23);1H. The number of carbonyl (C=O) groups is 1. The van der Waals surface area contributed by atoms with Gasteiger partial charge in [0.25, 0.3) is 5.91 Å². The maximum Gasteiger partial charge on any atom is 0.258 e. The van der Waals surface area contributed by atoms with Gasteiger partial charge < -0.3 is 15.8 Å². The zero-order valence-electron chi connectivity index (χ0n) is 14.4. The van der Waals surface area contributed by atoms with Crippen molar-refractivity contribution in [3.05, 3.63) is 65.5 Å². The molecule has 0 bridgehead atoms. The summed E-state index contributed by atoms with van der Waals surface area (Å²) in [7, 11) is 0. The number of carbonyl (C=O) groups excluding carboxylic acids is 1. The molecule has 1 atom stereocenters. The average Bonchev–Trinajstić information content (AvgIpc) is 2.59. The van der Waals surface area contributed by atoms with Crippen LogP contribution in [-0.4, -0.2) is 19.1 Å². The Kier molecular flexibility index (Phi) is 8.38. The molecule has 136 valence electrons. The van der Waals surface area contributed by atoms with Crippen LogP contribution in [0.25, 0.3) is 0 Å². The number of amides is 1. The third-order valence-corrected chi connectivity index (χ3v) is 3.73. The quantitative estimate of drug-likeness (QED) is 0.787. The summed E-state index contributed by atoms with van der Waals surface area (Å²) in [5.74, 6) is 0.300. The molecule has 0 aromatic heterocycles. The van der Waals surface area contributed by atoms with Crippen molar-refractivity contribution in [1.29, 1.82) is 0 Å². The first-order valence-corrected chi connectivity index (χ1v) is 7.96. The van der Waals surface area contributed by atoms with Crippen LogP contribution < -0.4 is 15.8 Å². The molecule has 0 aliphatic heterocycles. The first-order chi connectivity index (χ1) is 11.5. The number of halogens is 2. The lowest BCUT2D eigenvalue weighted by atomic mass is 9.99. The summed E-state index contributed by atoms with van der Waals surface area (Å²) in [5.41, 5.74) is 8.32. The van der Waals surface area contributed by atoms with E-state index in [1.165, 1.54) is 29.8 Å². The molecule has 0 radical (unpaired) electrons. The molecule has 0 aliphatic carbocycles. The van der Waals surface area contributed by atoms with Gasteiger partial charge in [-0.05, 0) is 41.3 Å². The summed E-state index contributed by atoms with van der Waals surface area (Å²) >= 11 is 0.